The zero-order valence-corrected chi connectivity index (χ0v) is 14.1. The fourth-order valence-electron chi connectivity index (χ4n) is 3.18. The minimum atomic E-state index is -0.111. The highest BCUT2D eigenvalue weighted by Crippen LogP contribution is 2.37. The SMILES string of the molecule is CCCC(=O)NC1=C(c2ccccc2CC)c2ccccc2C1=O. The number of ketones is 1. The highest BCUT2D eigenvalue weighted by molar-refractivity contribution is 6.23. The van der Waals surface area contributed by atoms with Gasteiger partial charge in [-0.1, -0.05) is 62.4 Å². The fourth-order valence-corrected chi connectivity index (χ4v) is 3.18. The molecule has 1 N–H and O–H groups in total. The molecule has 0 unspecified atom stereocenters. The molecule has 0 aliphatic heterocycles. The lowest BCUT2D eigenvalue weighted by atomic mass is 9.93. The van der Waals surface area contributed by atoms with Gasteiger partial charge in [0.2, 0.25) is 11.7 Å². The normalized spacial score (nSPS) is 13.2. The number of amides is 1. The Labute approximate surface area is 142 Å². The first-order valence-corrected chi connectivity index (χ1v) is 8.43. The number of rotatable bonds is 5. The quantitative estimate of drug-likeness (QED) is 0.901. The van der Waals surface area contributed by atoms with Crippen molar-refractivity contribution in [2.75, 3.05) is 0 Å². The molecule has 0 saturated carbocycles. The number of Topliss-reactive ketones (excluding diaryl/α,β-unsaturated/α-hetero) is 1. The van der Waals surface area contributed by atoms with Crippen LogP contribution < -0.4 is 5.32 Å². The summed E-state index contributed by atoms with van der Waals surface area (Å²) < 4.78 is 0. The second-order valence-corrected chi connectivity index (χ2v) is 5.93. The number of hydrogen-bond acceptors (Lipinski definition) is 2. The Morgan fingerprint density at radius 1 is 0.917 bits per heavy atom. The summed E-state index contributed by atoms with van der Waals surface area (Å²) in [6.45, 7) is 4.05. The first-order chi connectivity index (χ1) is 11.7. The van der Waals surface area contributed by atoms with E-state index in [0.717, 1.165) is 29.5 Å². The van der Waals surface area contributed by atoms with Crippen molar-refractivity contribution in [1.82, 2.24) is 5.32 Å². The number of allylic oxidation sites excluding steroid dienone is 1. The lowest BCUT2D eigenvalue weighted by Crippen LogP contribution is -2.26. The predicted molar refractivity (Wildman–Crippen MR) is 95.7 cm³/mol. The van der Waals surface area contributed by atoms with E-state index in [4.69, 9.17) is 0 Å². The third kappa shape index (κ3) is 2.78. The number of carbonyl (C=O) groups excluding carboxylic acids is 2. The van der Waals surface area contributed by atoms with Gasteiger partial charge in [-0.15, -0.1) is 0 Å². The maximum Gasteiger partial charge on any atom is 0.224 e. The minimum Gasteiger partial charge on any atom is -0.322 e. The summed E-state index contributed by atoms with van der Waals surface area (Å²) in [5.74, 6) is -0.212. The van der Waals surface area contributed by atoms with E-state index in [0.29, 0.717) is 17.7 Å². The van der Waals surface area contributed by atoms with Crippen LogP contribution >= 0.6 is 0 Å². The van der Waals surface area contributed by atoms with Crippen molar-refractivity contribution in [1.29, 1.82) is 0 Å². The van der Waals surface area contributed by atoms with Crippen LogP contribution in [0.3, 0.4) is 0 Å². The third-order valence-electron chi connectivity index (χ3n) is 4.33. The van der Waals surface area contributed by atoms with Gasteiger partial charge < -0.3 is 5.32 Å². The van der Waals surface area contributed by atoms with Crippen molar-refractivity contribution in [2.45, 2.75) is 33.1 Å². The Morgan fingerprint density at radius 2 is 1.54 bits per heavy atom. The lowest BCUT2D eigenvalue weighted by molar-refractivity contribution is -0.120. The highest BCUT2D eigenvalue weighted by atomic mass is 16.2. The molecule has 0 aromatic heterocycles. The number of carbonyl (C=O) groups is 2. The van der Waals surface area contributed by atoms with Gasteiger partial charge in [0.1, 0.15) is 0 Å². The van der Waals surface area contributed by atoms with Crippen molar-refractivity contribution < 1.29 is 9.59 Å². The molecule has 1 aliphatic carbocycles. The van der Waals surface area contributed by atoms with Crippen LogP contribution in [0.1, 0.15) is 53.7 Å². The van der Waals surface area contributed by atoms with Crippen LogP contribution in [0.4, 0.5) is 0 Å². The molecule has 122 valence electrons. The molecular formula is C21H21NO2. The van der Waals surface area contributed by atoms with Crippen LogP contribution in [0.5, 0.6) is 0 Å². The fraction of sp³-hybridized carbons (Fsp3) is 0.238. The molecule has 0 heterocycles. The Balaban J connectivity index is 2.19. The van der Waals surface area contributed by atoms with E-state index in [1.807, 2.05) is 49.4 Å². The maximum atomic E-state index is 12.8. The number of aryl methyl sites for hydroxylation is 1. The molecule has 1 amide bonds. The van der Waals surface area contributed by atoms with Gasteiger partial charge in [0.25, 0.3) is 0 Å². The van der Waals surface area contributed by atoms with Crippen LogP contribution in [0.15, 0.2) is 54.2 Å². The van der Waals surface area contributed by atoms with Gasteiger partial charge in [-0.3, -0.25) is 9.59 Å². The second-order valence-electron chi connectivity index (χ2n) is 5.93. The summed E-state index contributed by atoms with van der Waals surface area (Å²) in [4.78, 5) is 25.0. The van der Waals surface area contributed by atoms with E-state index in [9.17, 15) is 9.59 Å². The van der Waals surface area contributed by atoms with Gasteiger partial charge in [0.05, 0.1) is 5.70 Å². The van der Waals surface area contributed by atoms with E-state index in [1.54, 1.807) is 0 Å². The molecule has 0 bridgehead atoms. The molecule has 3 rings (SSSR count). The molecule has 24 heavy (non-hydrogen) atoms. The molecule has 2 aromatic carbocycles. The van der Waals surface area contributed by atoms with E-state index in [2.05, 4.69) is 18.3 Å². The molecule has 0 atom stereocenters. The summed E-state index contributed by atoms with van der Waals surface area (Å²) >= 11 is 0. The van der Waals surface area contributed by atoms with Crippen LogP contribution in [-0.2, 0) is 11.2 Å². The topological polar surface area (TPSA) is 46.2 Å². The van der Waals surface area contributed by atoms with E-state index in [1.165, 1.54) is 5.56 Å². The Kier molecular flexibility index (Phi) is 4.61. The zero-order chi connectivity index (χ0) is 17.1. The Hall–Kier alpha value is -2.68. The minimum absolute atomic E-state index is 0.101. The lowest BCUT2D eigenvalue weighted by Gasteiger charge is -2.13. The molecule has 1 aliphatic rings. The van der Waals surface area contributed by atoms with Crippen molar-refractivity contribution in [3.63, 3.8) is 0 Å². The number of hydrogen-bond donors (Lipinski definition) is 1. The van der Waals surface area contributed by atoms with Crippen LogP contribution in [0.2, 0.25) is 0 Å². The summed E-state index contributed by atoms with van der Waals surface area (Å²) in [5.41, 5.74) is 5.00. The highest BCUT2D eigenvalue weighted by Gasteiger charge is 2.31. The largest absolute Gasteiger partial charge is 0.322 e. The second kappa shape index (κ2) is 6.83. The molecule has 3 heteroatoms. The van der Waals surface area contributed by atoms with Crippen LogP contribution in [0, 0.1) is 0 Å². The van der Waals surface area contributed by atoms with Gasteiger partial charge in [-0.05, 0) is 29.5 Å². The monoisotopic (exact) mass is 319 g/mol. The molecule has 2 aromatic rings. The van der Waals surface area contributed by atoms with Crippen molar-refractivity contribution in [3.05, 3.63) is 76.5 Å². The first-order valence-electron chi connectivity index (χ1n) is 8.43. The molecular weight excluding hydrogens is 298 g/mol. The predicted octanol–water partition coefficient (Wildman–Crippen LogP) is 4.12. The van der Waals surface area contributed by atoms with Crippen molar-refractivity contribution >= 4 is 17.3 Å². The van der Waals surface area contributed by atoms with Gasteiger partial charge >= 0.3 is 0 Å². The van der Waals surface area contributed by atoms with E-state index >= 15 is 0 Å². The summed E-state index contributed by atoms with van der Waals surface area (Å²) in [6.07, 6.45) is 2.03. The number of fused-ring (bicyclic) bond motifs is 1. The number of nitrogens with one attached hydrogen (secondary N) is 1. The zero-order valence-electron chi connectivity index (χ0n) is 14.1. The molecule has 0 saturated heterocycles. The van der Waals surface area contributed by atoms with Crippen LogP contribution in [-0.4, -0.2) is 11.7 Å². The van der Waals surface area contributed by atoms with Crippen molar-refractivity contribution in [3.8, 4) is 0 Å². The van der Waals surface area contributed by atoms with Gasteiger partial charge in [-0.2, -0.15) is 0 Å². The maximum absolute atomic E-state index is 12.8. The summed E-state index contributed by atoms with van der Waals surface area (Å²) in [5, 5.41) is 2.87. The Bertz CT molecular complexity index is 833. The van der Waals surface area contributed by atoms with E-state index in [-0.39, 0.29) is 11.7 Å². The Morgan fingerprint density at radius 3 is 2.21 bits per heavy atom. The molecule has 0 spiro atoms. The van der Waals surface area contributed by atoms with Gasteiger partial charge in [-0.25, -0.2) is 0 Å². The third-order valence-corrected chi connectivity index (χ3v) is 4.33. The van der Waals surface area contributed by atoms with Gasteiger partial charge in [0.15, 0.2) is 0 Å². The standard InChI is InChI=1S/C21H21NO2/c1-3-9-18(23)22-20-19(15-11-6-5-10-14(15)4-2)16-12-7-8-13-17(16)21(20)24/h5-8,10-13H,3-4,9H2,1-2H3,(H,22,23,24). The molecule has 3 nitrogen and oxygen atoms in total. The molecule has 0 radical (unpaired) electrons. The van der Waals surface area contributed by atoms with Crippen LogP contribution in [0.25, 0.3) is 5.57 Å². The smallest absolute Gasteiger partial charge is 0.224 e. The van der Waals surface area contributed by atoms with Crippen molar-refractivity contribution in [2.24, 2.45) is 0 Å². The molecule has 0 fully saturated rings. The van der Waals surface area contributed by atoms with Gasteiger partial charge in [0, 0.05) is 17.6 Å². The number of benzene rings is 2. The van der Waals surface area contributed by atoms with E-state index < -0.39 is 0 Å². The average molecular weight is 319 g/mol. The average Bonchev–Trinajstić information content (AvgIpc) is 2.87. The summed E-state index contributed by atoms with van der Waals surface area (Å²) in [7, 11) is 0. The first kappa shape index (κ1) is 16.2. The summed E-state index contributed by atoms with van der Waals surface area (Å²) in [6, 6.07) is 15.6.